The van der Waals surface area contributed by atoms with Crippen molar-refractivity contribution in [3.63, 3.8) is 0 Å². The van der Waals surface area contributed by atoms with E-state index in [1.54, 1.807) is 7.11 Å². The molecule has 0 aliphatic carbocycles. The summed E-state index contributed by atoms with van der Waals surface area (Å²) >= 11 is 0. The van der Waals surface area contributed by atoms with Gasteiger partial charge in [0, 0.05) is 26.7 Å². The number of unbranched alkanes of at least 4 members (excludes halogenated alkanes) is 5. The fourth-order valence-corrected chi connectivity index (χ4v) is 1.81. The molecule has 0 radical (unpaired) electrons. The van der Waals surface area contributed by atoms with Crippen molar-refractivity contribution in [3.8, 4) is 0 Å². The third-order valence-electron chi connectivity index (χ3n) is 2.93. The van der Waals surface area contributed by atoms with Crippen molar-refractivity contribution in [2.24, 2.45) is 0 Å². The zero-order valence-corrected chi connectivity index (χ0v) is 12.1. The van der Waals surface area contributed by atoms with Crippen LogP contribution in [-0.2, 0) is 9.53 Å². The molecule has 0 bridgehead atoms. The standard InChI is InChI=1S/C14H30N2O2/c1-15-11-7-3-4-8-12-16-14(17)10-6-5-9-13-18-2/h15H,3-13H2,1-2H3,(H,16,17). The van der Waals surface area contributed by atoms with Gasteiger partial charge in [0.05, 0.1) is 0 Å². The van der Waals surface area contributed by atoms with E-state index in [1.807, 2.05) is 7.05 Å². The Morgan fingerprint density at radius 2 is 1.61 bits per heavy atom. The molecule has 0 aromatic rings. The number of carbonyl (C=O) groups excluding carboxylic acids is 1. The van der Waals surface area contributed by atoms with Crippen molar-refractivity contribution < 1.29 is 9.53 Å². The molecule has 0 aliphatic rings. The number of nitrogens with one attached hydrogen (secondary N) is 2. The molecule has 0 atom stereocenters. The number of ether oxygens (including phenoxy) is 1. The summed E-state index contributed by atoms with van der Waals surface area (Å²) in [4.78, 5) is 11.5. The van der Waals surface area contributed by atoms with Gasteiger partial charge in [-0.3, -0.25) is 4.79 Å². The summed E-state index contributed by atoms with van der Waals surface area (Å²) in [6, 6.07) is 0. The highest BCUT2D eigenvalue weighted by molar-refractivity contribution is 5.75. The van der Waals surface area contributed by atoms with Gasteiger partial charge in [0.25, 0.3) is 0 Å². The van der Waals surface area contributed by atoms with E-state index in [-0.39, 0.29) is 5.91 Å². The molecule has 18 heavy (non-hydrogen) atoms. The third kappa shape index (κ3) is 13.5. The van der Waals surface area contributed by atoms with Crippen LogP contribution in [0.3, 0.4) is 0 Å². The van der Waals surface area contributed by atoms with Gasteiger partial charge >= 0.3 is 0 Å². The molecule has 0 aromatic heterocycles. The van der Waals surface area contributed by atoms with Crippen LogP contribution in [0.15, 0.2) is 0 Å². The second-order valence-corrected chi connectivity index (χ2v) is 4.67. The Balaban J connectivity index is 3.12. The molecular weight excluding hydrogens is 228 g/mol. The fourth-order valence-electron chi connectivity index (χ4n) is 1.81. The van der Waals surface area contributed by atoms with E-state index in [2.05, 4.69) is 10.6 Å². The summed E-state index contributed by atoms with van der Waals surface area (Å²) in [5.74, 6) is 0.197. The molecule has 0 aromatic carbocycles. The monoisotopic (exact) mass is 258 g/mol. The highest BCUT2D eigenvalue weighted by atomic mass is 16.5. The Morgan fingerprint density at radius 1 is 0.944 bits per heavy atom. The van der Waals surface area contributed by atoms with Crippen molar-refractivity contribution in [3.05, 3.63) is 0 Å². The molecule has 0 saturated heterocycles. The summed E-state index contributed by atoms with van der Waals surface area (Å²) in [6.07, 6.45) is 8.52. The minimum absolute atomic E-state index is 0.197. The Labute approximate surface area is 112 Å². The molecule has 0 heterocycles. The lowest BCUT2D eigenvalue weighted by Gasteiger charge is -2.05. The van der Waals surface area contributed by atoms with Crippen LogP contribution in [0.2, 0.25) is 0 Å². The summed E-state index contributed by atoms with van der Waals surface area (Å²) in [5.41, 5.74) is 0. The van der Waals surface area contributed by atoms with Gasteiger partial charge in [-0.05, 0) is 39.3 Å². The normalized spacial score (nSPS) is 10.6. The van der Waals surface area contributed by atoms with E-state index in [0.717, 1.165) is 45.4 Å². The lowest BCUT2D eigenvalue weighted by molar-refractivity contribution is -0.121. The van der Waals surface area contributed by atoms with E-state index >= 15 is 0 Å². The van der Waals surface area contributed by atoms with Crippen LogP contribution in [0.25, 0.3) is 0 Å². The van der Waals surface area contributed by atoms with Gasteiger partial charge in [-0.15, -0.1) is 0 Å². The number of carbonyl (C=O) groups is 1. The van der Waals surface area contributed by atoms with Gasteiger partial charge in [-0.2, -0.15) is 0 Å². The highest BCUT2D eigenvalue weighted by Crippen LogP contribution is 2.01. The molecule has 0 rings (SSSR count). The Kier molecular flexibility index (Phi) is 14.0. The largest absolute Gasteiger partial charge is 0.385 e. The molecule has 0 aliphatic heterocycles. The SMILES string of the molecule is CNCCCCCCNC(=O)CCCCCOC. The first-order valence-corrected chi connectivity index (χ1v) is 7.21. The van der Waals surface area contributed by atoms with Crippen LogP contribution in [-0.4, -0.2) is 39.8 Å². The average molecular weight is 258 g/mol. The second-order valence-electron chi connectivity index (χ2n) is 4.67. The van der Waals surface area contributed by atoms with Crippen molar-refractivity contribution in [1.29, 1.82) is 0 Å². The predicted octanol–water partition coefficient (Wildman–Crippen LogP) is 2.09. The average Bonchev–Trinajstić information content (AvgIpc) is 2.37. The maximum Gasteiger partial charge on any atom is 0.219 e. The van der Waals surface area contributed by atoms with Crippen LogP contribution in [0.1, 0.15) is 51.4 Å². The number of rotatable bonds is 13. The molecule has 0 unspecified atom stereocenters. The lowest BCUT2D eigenvalue weighted by Crippen LogP contribution is -2.24. The molecule has 4 heteroatoms. The third-order valence-corrected chi connectivity index (χ3v) is 2.93. The van der Waals surface area contributed by atoms with E-state index in [1.165, 1.54) is 19.3 Å². The van der Waals surface area contributed by atoms with Gasteiger partial charge in [-0.1, -0.05) is 19.3 Å². The Hall–Kier alpha value is -0.610. The van der Waals surface area contributed by atoms with Crippen molar-refractivity contribution in [1.82, 2.24) is 10.6 Å². The molecule has 0 fully saturated rings. The van der Waals surface area contributed by atoms with E-state index in [0.29, 0.717) is 6.42 Å². The minimum atomic E-state index is 0.197. The first kappa shape index (κ1) is 17.4. The van der Waals surface area contributed by atoms with Gasteiger partial charge in [-0.25, -0.2) is 0 Å². The number of methoxy groups -OCH3 is 1. The van der Waals surface area contributed by atoms with E-state index < -0.39 is 0 Å². The maximum atomic E-state index is 11.5. The Bertz CT molecular complexity index is 187. The second kappa shape index (κ2) is 14.5. The number of amides is 1. The first-order chi connectivity index (χ1) is 8.81. The first-order valence-electron chi connectivity index (χ1n) is 7.21. The summed E-state index contributed by atoms with van der Waals surface area (Å²) in [5, 5.41) is 6.11. The van der Waals surface area contributed by atoms with Crippen LogP contribution in [0.4, 0.5) is 0 Å². The number of hydrogen-bond acceptors (Lipinski definition) is 3. The zero-order chi connectivity index (χ0) is 13.5. The highest BCUT2D eigenvalue weighted by Gasteiger charge is 2.00. The van der Waals surface area contributed by atoms with Crippen LogP contribution in [0.5, 0.6) is 0 Å². The van der Waals surface area contributed by atoms with Crippen molar-refractivity contribution in [2.45, 2.75) is 51.4 Å². The van der Waals surface area contributed by atoms with Gasteiger partial charge in [0.2, 0.25) is 5.91 Å². The minimum Gasteiger partial charge on any atom is -0.385 e. The smallest absolute Gasteiger partial charge is 0.219 e. The molecule has 2 N–H and O–H groups in total. The fraction of sp³-hybridized carbons (Fsp3) is 0.929. The maximum absolute atomic E-state index is 11.5. The number of hydrogen-bond donors (Lipinski definition) is 2. The predicted molar refractivity (Wildman–Crippen MR) is 75.7 cm³/mol. The zero-order valence-electron chi connectivity index (χ0n) is 12.1. The summed E-state index contributed by atoms with van der Waals surface area (Å²) < 4.78 is 4.96. The molecule has 108 valence electrons. The molecule has 0 spiro atoms. The summed E-state index contributed by atoms with van der Waals surface area (Å²) in [6.45, 7) is 2.72. The van der Waals surface area contributed by atoms with Gasteiger partial charge < -0.3 is 15.4 Å². The molecule has 4 nitrogen and oxygen atoms in total. The van der Waals surface area contributed by atoms with Gasteiger partial charge in [0.1, 0.15) is 0 Å². The summed E-state index contributed by atoms with van der Waals surface area (Å²) in [7, 11) is 3.69. The Morgan fingerprint density at radius 3 is 2.28 bits per heavy atom. The van der Waals surface area contributed by atoms with Crippen molar-refractivity contribution in [2.75, 3.05) is 33.9 Å². The van der Waals surface area contributed by atoms with Gasteiger partial charge in [0.15, 0.2) is 0 Å². The van der Waals surface area contributed by atoms with Crippen molar-refractivity contribution >= 4 is 5.91 Å². The molecule has 1 amide bonds. The quantitative estimate of drug-likeness (QED) is 0.497. The van der Waals surface area contributed by atoms with E-state index in [9.17, 15) is 4.79 Å². The van der Waals surface area contributed by atoms with Crippen LogP contribution < -0.4 is 10.6 Å². The molecular formula is C14H30N2O2. The molecule has 0 saturated carbocycles. The lowest BCUT2D eigenvalue weighted by atomic mass is 10.2. The van der Waals surface area contributed by atoms with Crippen LogP contribution in [0, 0.1) is 0 Å². The van der Waals surface area contributed by atoms with E-state index in [4.69, 9.17) is 4.74 Å². The van der Waals surface area contributed by atoms with Crippen LogP contribution >= 0.6 is 0 Å². The topological polar surface area (TPSA) is 50.4 Å².